The smallest absolute Gasteiger partial charge is 0.178 e. The lowest BCUT2D eigenvalue weighted by atomic mass is 9.97. The molecule has 0 atom stereocenters. The van der Waals surface area contributed by atoms with Gasteiger partial charge in [-0.2, -0.15) is 0 Å². The molecule has 0 spiro atoms. The first-order valence-corrected chi connectivity index (χ1v) is 12.0. The van der Waals surface area contributed by atoms with Crippen LogP contribution in [0.15, 0.2) is 85.2 Å². The van der Waals surface area contributed by atoms with Crippen LogP contribution in [-0.4, -0.2) is 19.4 Å². The van der Waals surface area contributed by atoms with Crippen LogP contribution in [0.25, 0.3) is 60.9 Å². The van der Waals surface area contributed by atoms with Gasteiger partial charge in [0, 0.05) is 23.2 Å². The number of aromatic nitrogens is 4. The first kappa shape index (κ1) is 17.8. The summed E-state index contributed by atoms with van der Waals surface area (Å²) in [5.74, 6) is 0. The third-order valence-electron chi connectivity index (χ3n) is 7.92. The lowest BCUT2D eigenvalue weighted by Crippen LogP contribution is -1.96. The van der Waals surface area contributed by atoms with Crippen molar-refractivity contribution in [2.24, 2.45) is 0 Å². The Morgan fingerprint density at radius 1 is 0.629 bits per heavy atom. The molecule has 4 heterocycles. The third kappa shape index (κ3) is 2.15. The second kappa shape index (κ2) is 6.10. The Morgan fingerprint density at radius 3 is 2.37 bits per heavy atom. The molecule has 162 valence electrons. The normalized spacial score (nSPS) is 13.5. The van der Waals surface area contributed by atoms with Gasteiger partial charge in [-0.15, -0.1) is 0 Å². The van der Waals surface area contributed by atoms with Crippen molar-refractivity contribution in [3.63, 3.8) is 0 Å². The summed E-state index contributed by atoms with van der Waals surface area (Å²) >= 11 is 0. The number of hydrogen-bond acceptors (Lipinski definition) is 3. The fraction of sp³-hybridized carbons (Fsp3) is 0.0645. The molecule has 35 heavy (non-hydrogen) atoms. The summed E-state index contributed by atoms with van der Waals surface area (Å²) in [7, 11) is 0. The summed E-state index contributed by atoms with van der Waals surface area (Å²) in [5, 5.41) is 2.36. The van der Waals surface area contributed by atoms with Crippen molar-refractivity contribution in [1.29, 1.82) is 0 Å². The second-order valence-electron chi connectivity index (χ2n) is 9.68. The van der Waals surface area contributed by atoms with E-state index in [2.05, 4.69) is 70.0 Å². The molecule has 0 aliphatic heterocycles. The zero-order valence-corrected chi connectivity index (χ0v) is 18.8. The molecule has 0 amide bonds. The predicted molar refractivity (Wildman–Crippen MR) is 140 cm³/mol. The minimum absolute atomic E-state index is 0.768. The molecule has 4 heteroatoms. The highest BCUT2D eigenvalue weighted by Gasteiger charge is 2.28. The van der Waals surface area contributed by atoms with E-state index >= 15 is 0 Å². The van der Waals surface area contributed by atoms with Crippen LogP contribution in [0.1, 0.15) is 22.3 Å². The second-order valence-corrected chi connectivity index (χ2v) is 9.68. The molecule has 0 bridgehead atoms. The molecular weight excluding hydrogens is 428 g/mol. The molecule has 2 aliphatic rings. The Bertz CT molecular complexity index is 2070. The van der Waals surface area contributed by atoms with E-state index in [1.807, 2.05) is 24.5 Å². The van der Waals surface area contributed by atoms with E-state index in [1.165, 1.54) is 49.9 Å². The summed E-state index contributed by atoms with van der Waals surface area (Å²) in [6, 6.07) is 26.4. The molecule has 7 aromatic rings. The van der Waals surface area contributed by atoms with Gasteiger partial charge < -0.3 is 0 Å². The SMILES string of the molecule is c1ccc2c(c1)Cc1cc3c(cc1-2)Cc1c-3ccc2c1c1ncccc1n1c3cccnc3nc21. The highest BCUT2D eigenvalue weighted by Crippen LogP contribution is 2.47. The molecule has 4 aromatic heterocycles. The van der Waals surface area contributed by atoms with Crippen LogP contribution in [0.4, 0.5) is 0 Å². The van der Waals surface area contributed by atoms with Gasteiger partial charge in [-0.1, -0.05) is 30.3 Å². The maximum Gasteiger partial charge on any atom is 0.178 e. The Hall–Kier alpha value is -4.57. The first-order valence-electron chi connectivity index (χ1n) is 12.0. The Kier molecular flexibility index (Phi) is 3.11. The van der Waals surface area contributed by atoms with Crippen LogP contribution >= 0.6 is 0 Å². The van der Waals surface area contributed by atoms with Crippen molar-refractivity contribution in [2.75, 3.05) is 0 Å². The van der Waals surface area contributed by atoms with Gasteiger partial charge >= 0.3 is 0 Å². The number of rotatable bonds is 0. The van der Waals surface area contributed by atoms with Gasteiger partial charge in [0.2, 0.25) is 0 Å². The van der Waals surface area contributed by atoms with Crippen molar-refractivity contribution in [3.05, 3.63) is 107 Å². The number of imidazole rings is 1. The molecule has 4 nitrogen and oxygen atoms in total. The van der Waals surface area contributed by atoms with Crippen LogP contribution in [0.2, 0.25) is 0 Å². The molecule has 9 rings (SSSR count). The number of hydrogen-bond donors (Lipinski definition) is 0. The Labute approximate surface area is 200 Å². The predicted octanol–water partition coefficient (Wildman–Crippen LogP) is 6.73. The number of nitrogens with zero attached hydrogens (tertiary/aromatic N) is 4. The summed E-state index contributed by atoms with van der Waals surface area (Å²) < 4.78 is 2.22. The van der Waals surface area contributed by atoms with Gasteiger partial charge in [-0.25, -0.2) is 9.97 Å². The van der Waals surface area contributed by atoms with Gasteiger partial charge in [0.15, 0.2) is 5.65 Å². The van der Waals surface area contributed by atoms with Crippen molar-refractivity contribution in [1.82, 2.24) is 19.4 Å². The van der Waals surface area contributed by atoms with Gasteiger partial charge in [0.1, 0.15) is 5.65 Å². The van der Waals surface area contributed by atoms with Crippen LogP contribution in [-0.2, 0) is 12.8 Å². The average Bonchev–Trinajstić information content (AvgIpc) is 3.58. The van der Waals surface area contributed by atoms with Crippen molar-refractivity contribution < 1.29 is 0 Å². The summed E-state index contributed by atoms with van der Waals surface area (Å²) in [4.78, 5) is 14.4. The first-order chi connectivity index (χ1) is 17.3. The summed E-state index contributed by atoms with van der Waals surface area (Å²) in [6.07, 6.45) is 5.64. The van der Waals surface area contributed by atoms with Crippen LogP contribution in [0, 0.1) is 0 Å². The molecule has 0 unspecified atom stereocenters. The van der Waals surface area contributed by atoms with E-state index in [0.29, 0.717) is 0 Å². The summed E-state index contributed by atoms with van der Waals surface area (Å²) in [6.45, 7) is 0. The minimum Gasteiger partial charge on any atom is -0.288 e. The largest absolute Gasteiger partial charge is 0.288 e. The third-order valence-corrected chi connectivity index (χ3v) is 7.92. The average molecular weight is 447 g/mol. The molecule has 0 N–H and O–H groups in total. The molecule has 0 saturated heterocycles. The number of pyridine rings is 3. The maximum absolute atomic E-state index is 4.97. The molecule has 0 saturated carbocycles. The van der Waals surface area contributed by atoms with E-state index in [1.54, 1.807) is 0 Å². The van der Waals surface area contributed by atoms with Crippen molar-refractivity contribution in [2.45, 2.75) is 12.8 Å². The lowest BCUT2D eigenvalue weighted by molar-refractivity contribution is 1.24. The number of benzene rings is 3. The zero-order valence-electron chi connectivity index (χ0n) is 18.8. The molecule has 2 aliphatic carbocycles. The highest BCUT2D eigenvalue weighted by molar-refractivity contribution is 6.15. The summed E-state index contributed by atoms with van der Waals surface area (Å²) in [5.41, 5.74) is 15.9. The standard InChI is InChI=1S/C31H18N4/c1-2-6-20-17(5-1)13-18-14-24-19(15-23(18)20)16-25-21(24)9-10-22-28(25)29-26(7-3-11-32-29)35-27-8-4-12-33-30(27)34-31(22)35/h1-12,14-15H,13,16H2. The molecular formula is C31H18N4. The molecule has 3 aromatic carbocycles. The number of fused-ring (bicyclic) bond motifs is 15. The van der Waals surface area contributed by atoms with Gasteiger partial charge in [0.25, 0.3) is 0 Å². The van der Waals surface area contributed by atoms with E-state index in [9.17, 15) is 0 Å². The van der Waals surface area contributed by atoms with Crippen LogP contribution in [0.3, 0.4) is 0 Å². The fourth-order valence-electron chi connectivity index (χ4n) is 6.46. The Balaban J connectivity index is 1.38. The van der Waals surface area contributed by atoms with Gasteiger partial charge in [-0.3, -0.25) is 9.38 Å². The van der Waals surface area contributed by atoms with E-state index in [4.69, 9.17) is 9.97 Å². The van der Waals surface area contributed by atoms with Gasteiger partial charge in [0.05, 0.1) is 16.6 Å². The monoisotopic (exact) mass is 446 g/mol. The molecule has 0 radical (unpaired) electrons. The van der Waals surface area contributed by atoms with Gasteiger partial charge in [-0.05, 0) is 99.8 Å². The maximum atomic E-state index is 4.97. The quantitative estimate of drug-likeness (QED) is 0.243. The van der Waals surface area contributed by atoms with E-state index < -0.39 is 0 Å². The van der Waals surface area contributed by atoms with E-state index in [0.717, 1.165) is 46.1 Å². The van der Waals surface area contributed by atoms with E-state index in [-0.39, 0.29) is 0 Å². The Morgan fingerprint density at radius 2 is 1.43 bits per heavy atom. The van der Waals surface area contributed by atoms with Crippen molar-refractivity contribution >= 4 is 38.6 Å². The zero-order chi connectivity index (χ0) is 22.7. The lowest BCUT2D eigenvalue weighted by Gasteiger charge is -2.12. The fourth-order valence-corrected chi connectivity index (χ4v) is 6.46. The van der Waals surface area contributed by atoms with Crippen LogP contribution in [0.5, 0.6) is 0 Å². The highest BCUT2D eigenvalue weighted by atomic mass is 15.1. The molecule has 0 fully saturated rings. The topological polar surface area (TPSA) is 43.1 Å². The minimum atomic E-state index is 0.768. The van der Waals surface area contributed by atoms with Crippen molar-refractivity contribution in [3.8, 4) is 22.3 Å². The van der Waals surface area contributed by atoms with Crippen LogP contribution < -0.4 is 0 Å².